The molecule has 2 atom stereocenters. The number of rotatable bonds is 7. The molecule has 1 N–H and O–H groups in total. The summed E-state index contributed by atoms with van der Waals surface area (Å²) in [6, 6.07) is 15.5. The van der Waals surface area contributed by atoms with E-state index >= 15 is 0 Å². The van der Waals surface area contributed by atoms with E-state index in [2.05, 4.69) is 12.2 Å². The van der Waals surface area contributed by atoms with E-state index in [4.69, 9.17) is 9.47 Å². The van der Waals surface area contributed by atoms with Gasteiger partial charge in [0.05, 0.1) is 20.3 Å². The van der Waals surface area contributed by atoms with Gasteiger partial charge in [-0.1, -0.05) is 37.3 Å². The molecule has 0 aromatic heterocycles. The molecule has 2 aromatic carbocycles. The van der Waals surface area contributed by atoms with Crippen molar-refractivity contribution in [2.75, 3.05) is 14.2 Å². The average molecular weight is 327 g/mol. The summed E-state index contributed by atoms with van der Waals surface area (Å²) in [6.45, 7) is 4.02. The van der Waals surface area contributed by atoms with E-state index in [1.807, 2.05) is 55.5 Å². The Labute approximate surface area is 143 Å². The number of hydrogen-bond donors (Lipinski definition) is 1. The van der Waals surface area contributed by atoms with Gasteiger partial charge in [0.15, 0.2) is 0 Å². The lowest BCUT2D eigenvalue weighted by molar-refractivity contribution is -0.122. The van der Waals surface area contributed by atoms with Crippen LogP contribution in [0.4, 0.5) is 0 Å². The monoisotopic (exact) mass is 327 g/mol. The van der Waals surface area contributed by atoms with Gasteiger partial charge in [-0.3, -0.25) is 4.79 Å². The molecule has 0 aliphatic rings. The lowest BCUT2D eigenvalue weighted by Crippen LogP contribution is -2.27. The minimum absolute atomic E-state index is 0.0247. The molecule has 2 rings (SSSR count). The zero-order valence-corrected chi connectivity index (χ0v) is 14.7. The molecular weight excluding hydrogens is 302 g/mol. The molecule has 2 unspecified atom stereocenters. The number of methoxy groups -OCH3 is 2. The van der Waals surface area contributed by atoms with Crippen molar-refractivity contribution < 1.29 is 14.3 Å². The Bertz CT molecular complexity index is 670. The normalized spacial score (nSPS) is 13.0. The largest absolute Gasteiger partial charge is 0.497 e. The fraction of sp³-hybridized carbons (Fsp3) is 0.350. The summed E-state index contributed by atoms with van der Waals surface area (Å²) in [5.41, 5.74) is 2.10. The van der Waals surface area contributed by atoms with Crippen LogP contribution in [-0.2, 0) is 4.79 Å². The van der Waals surface area contributed by atoms with E-state index in [1.165, 1.54) is 5.56 Å². The Morgan fingerprint density at radius 3 is 2.38 bits per heavy atom. The predicted octanol–water partition coefficient (Wildman–Crippen LogP) is 4.07. The summed E-state index contributed by atoms with van der Waals surface area (Å²) in [5, 5.41) is 3.05. The van der Waals surface area contributed by atoms with Gasteiger partial charge in [0, 0.05) is 18.1 Å². The topological polar surface area (TPSA) is 47.6 Å². The van der Waals surface area contributed by atoms with Gasteiger partial charge in [-0.2, -0.15) is 0 Å². The van der Waals surface area contributed by atoms with Crippen LogP contribution in [-0.4, -0.2) is 20.1 Å². The summed E-state index contributed by atoms with van der Waals surface area (Å²) < 4.78 is 10.6. The van der Waals surface area contributed by atoms with Gasteiger partial charge in [-0.25, -0.2) is 0 Å². The molecule has 0 radical (unpaired) electrons. The summed E-state index contributed by atoms with van der Waals surface area (Å²) in [7, 11) is 3.23. The van der Waals surface area contributed by atoms with Gasteiger partial charge in [-0.15, -0.1) is 0 Å². The molecule has 0 fully saturated rings. The molecule has 24 heavy (non-hydrogen) atoms. The summed E-state index contributed by atoms with van der Waals surface area (Å²) in [4.78, 5) is 12.4. The number of carbonyl (C=O) groups excluding carboxylic acids is 1. The van der Waals surface area contributed by atoms with Crippen LogP contribution < -0.4 is 14.8 Å². The van der Waals surface area contributed by atoms with Crippen molar-refractivity contribution in [2.24, 2.45) is 0 Å². The highest BCUT2D eigenvalue weighted by atomic mass is 16.5. The Kier molecular flexibility index (Phi) is 6.24. The molecule has 0 aliphatic heterocycles. The summed E-state index contributed by atoms with van der Waals surface area (Å²) >= 11 is 0. The maximum absolute atomic E-state index is 12.4. The van der Waals surface area contributed by atoms with Crippen LogP contribution in [0, 0.1) is 0 Å². The van der Waals surface area contributed by atoms with Gasteiger partial charge >= 0.3 is 0 Å². The maximum atomic E-state index is 12.4. The van der Waals surface area contributed by atoms with Crippen LogP contribution in [0.1, 0.15) is 43.4 Å². The molecule has 2 aromatic rings. The number of carbonyl (C=O) groups is 1. The van der Waals surface area contributed by atoms with Crippen molar-refractivity contribution in [1.82, 2.24) is 5.32 Å². The van der Waals surface area contributed by atoms with Gasteiger partial charge in [-0.05, 0) is 30.5 Å². The smallest absolute Gasteiger partial charge is 0.221 e. The number of benzene rings is 2. The quantitative estimate of drug-likeness (QED) is 0.834. The third-order valence-corrected chi connectivity index (χ3v) is 4.14. The van der Waals surface area contributed by atoms with Gasteiger partial charge in [0.1, 0.15) is 11.5 Å². The first-order chi connectivity index (χ1) is 11.5. The van der Waals surface area contributed by atoms with Crippen molar-refractivity contribution in [3.05, 3.63) is 59.7 Å². The lowest BCUT2D eigenvalue weighted by atomic mass is 9.97. The minimum Gasteiger partial charge on any atom is -0.497 e. The molecule has 0 bridgehead atoms. The first kappa shape index (κ1) is 17.9. The summed E-state index contributed by atoms with van der Waals surface area (Å²) in [5.74, 6) is 1.64. The molecule has 0 saturated carbocycles. The molecule has 4 nitrogen and oxygen atoms in total. The van der Waals surface area contributed by atoms with Crippen molar-refractivity contribution >= 4 is 5.91 Å². The highest BCUT2D eigenvalue weighted by Gasteiger charge is 2.17. The van der Waals surface area contributed by atoms with Crippen LogP contribution in [0.2, 0.25) is 0 Å². The molecule has 4 heteroatoms. The van der Waals surface area contributed by atoms with Gasteiger partial charge in [0.2, 0.25) is 5.91 Å². The van der Waals surface area contributed by atoms with E-state index in [0.717, 1.165) is 11.3 Å². The van der Waals surface area contributed by atoms with Gasteiger partial charge < -0.3 is 14.8 Å². The number of amides is 1. The Hall–Kier alpha value is -2.49. The zero-order chi connectivity index (χ0) is 17.5. The second-order valence-corrected chi connectivity index (χ2v) is 5.91. The Morgan fingerprint density at radius 1 is 1.04 bits per heavy atom. The second-order valence-electron chi connectivity index (χ2n) is 5.91. The van der Waals surface area contributed by atoms with Crippen LogP contribution in [0.5, 0.6) is 11.5 Å². The van der Waals surface area contributed by atoms with Gasteiger partial charge in [0.25, 0.3) is 0 Å². The van der Waals surface area contributed by atoms with E-state index in [-0.39, 0.29) is 17.9 Å². The Morgan fingerprint density at radius 2 is 1.75 bits per heavy atom. The third-order valence-electron chi connectivity index (χ3n) is 4.14. The van der Waals surface area contributed by atoms with Crippen LogP contribution in [0.15, 0.2) is 48.5 Å². The fourth-order valence-electron chi connectivity index (χ4n) is 2.73. The zero-order valence-electron chi connectivity index (χ0n) is 14.7. The molecular formula is C20H25NO3. The molecule has 0 heterocycles. The van der Waals surface area contributed by atoms with Crippen molar-refractivity contribution in [1.29, 1.82) is 0 Å². The average Bonchev–Trinajstić information content (AvgIpc) is 2.61. The van der Waals surface area contributed by atoms with E-state index in [9.17, 15) is 4.79 Å². The van der Waals surface area contributed by atoms with E-state index in [0.29, 0.717) is 12.2 Å². The predicted molar refractivity (Wildman–Crippen MR) is 95.6 cm³/mol. The molecule has 128 valence electrons. The second kappa shape index (κ2) is 8.39. The highest BCUT2D eigenvalue weighted by molar-refractivity contribution is 5.77. The summed E-state index contributed by atoms with van der Waals surface area (Å²) in [6.07, 6.45) is 0.451. The fourth-order valence-corrected chi connectivity index (χ4v) is 2.73. The number of nitrogens with one attached hydrogen (secondary N) is 1. The van der Waals surface area contributed by atoms with Crippen LogP contribution in [0.3, 0.4) is 0 Å². The minimum atomic E-state index is -0.138. The van der Waals surface area contributed by atoms with E-state index < -0.39 is 0 Å². The van der Waals surface area contributed by atoms with Crippen LogP contribution >= 0.6 is 0 Å². The van der Waals surface area contributed by atoms with Crippen molar-refractivity contribution in [3.8, 4) is 11.5 Å². The molecule has 1 amide bonds. The molecule has 0 aliphatic carbocycles. The standard InChI is InChI=1S/C20H25NO3/c1-14(16-8-6-5-7-9-16)12-20(22)21-15(2)18-11-10-17(23-3)13-19(18)24-4/h5-11,13-15H,12H2,1-4H3,(H,21,22). The van der Waals surface area contributed by atoms with Crippen molar-refractivity contribution in [2.45, 2.75) is 32.2 Å². The third kappa shape index (κ3) is 4.51. The number of hydrogen-bond acceptors (Lipinski definition) is 3. The Balaban J connectivity index is 2.01. The van der Waals surface area contributed by atoms with Crippen molar-refractivity contribution in [3.63, 3.8) is 0 Å². The molecule has 0 spiro atoms. The molecule has 0 saturated heterocycles. The van der Waals surface area contributed by atoms with Crippen LogP contribution in [0.25, 0.3) is 0 Å². The highest BCUT2D eigenvalue weighted by Crippen LogP contribution is 2.29. The lowest BCUT2D eigenvalue weighted by Gasteiger charge is -2.19. The first-order valence-electron chi connectivity index (χ1n) is 8.11. The SMILES string of the molecule is COc1ccc(C(C)NC(=O)CC(C)c2ccccc2)c(OC)c1. The first-order valence-corrected chi connectivity index (χ1v) is 8.11. The number of ether oxygens (including phenoxy) is 2. The van der Waals surface area contributed by atoms with E-state index in [1.54, 1.807) is 14.2 Å². The maximum Gasteiger partial charge on any atom is 0.221 e.